The van der Waals surface area contributed by atoms with E-state index in [0.29, 0.717) is 37.3 Å². The van der Waals surface area contributed by atoms with Crippen molar-refractivity contribution >= 4 is 34.5 Å². The minimum atomic E-state index is -0.174. The minimum Gasteiger partial charge on any atom is -0.484 e. The number of rotatable bonds is 9. The quantitative estimate of drug-likeness (QED) is 0.377. The van der Waals surface area contributed by atoms with Crippen LogP contribution in [-0.4, -0.2) is 70.4 Å². The maximum Gasteiger partial charge on any atom is 0.258 e. The molecule has 176 valence electrons. The second kappa shape index (κ2) is 10.8. The van der Waals surface area contributed by atoms with Crippen molar-refractivity contribution < 1.29 is 14.3 Å². The van der Waals surface area contributed by atoms with Crippen molar-refractivity contribution in [2.75, 3.05) is 44.4 Å². The van der Waals surface area contributed by atoms with Gasteiger partial charge in [0.1, 0.15) is 11.6 Å². The fraction of sp³-hybridized carbons (Fsp3) is 0.478. The number of benzene rings is 1. The molecule has 0 spiro atoms. The van der Waals surface area contributed by atoms with Crippen molar-refractivity contribution in [2.24, 2.45) is 0 Å². The summed E-state index contributed by atoms with van der Waals surface area (Å²) in [6.45, 7) is 10.1. The van der Waals surface area contributed by atoms with Crippen molar-refractivity contribution in [1.82, 2.24) is 25.1 Å². The summed E-state index contributed by atoms with van der Waals surface area (Å²) in [4.78, 5) is 24.0. The van der Waals surface area contributed by atoms with E-state index in [2.05, 4.69) is 29.2 Å². The lowest BCUT2D eigenvalue weighted by atomic mass is 10.2. The van der Waals surface area contributed by atoms with E-state index in [1.165, 1.54) is 0 Å². The Hall–Kier alpha value is -2.85. The number of nitrogens with one attached hydrogen (secondary N) is 1. The molecule has 0 atom stereocenters. The third-order valence-corrected chi connectivity index (χ3v) is 6.01. The number of aromatic nitrogens is 4. The zero-order valence-electron chi connectivity index (χ0n) is 19.3. The summed E-state index contributed by atoms with van der Waals surface area (Å²) >= 11 is 1.63. The lowest BCUT2D eigenvalue weighted by Crippen LogP contribution is -2.37. The van der Waals surface area contributed by atoms with Crippen LogP contribution >= 0.6 is 11.8 Å². The van der Waals surface area contributed by atoms with Gasteiger partial charge in [0.05, 0.1) is 31.3 Å². The highest BCUT2D eigenvalue weighted by Crippen LogP contribution is 2.29. The van der Waals surface area contributed by atoms with Crippen LogP contribution in [0.25, 0.3) is 11.0 Å². The lowest BCUT2D eigenvalue weighted by Gasteiger charge is -2.28. The number of anilines is 1. The van der Waals surface area contributed by atoms with Gasteiger partial charge in [-0.25, -0.2) is 14.6 Å². The van der Waals surface area contributed by atoms with Crippen LogP contribution in [0.4, 0.5) is 5.82 Å². The number of morpholine rings is 1. The third kappa shape index (κ3) is 6.14. The molecule has 3 aromatic rings. The first-order valence-electron chi connectivity index (χ1n) is 11.2. The maximum atomic E-state index is 12.2. The van der Waals surface area contributed by atoms with Crippen LogP contribution in [0.3, 0.4) is 0 Å². The number of hydrogen-bond acceptors (Lipinski definition) is 8. The second-order valence-electron chi connectivity index (χ2n) is 8.15. The van der Waals surface area contributed by atoms with E-state index >= 15 is 0 Å². The molecule has 2 aromatic heterocycles. The van der Waals surface area contributed by atoms with Gasteiger partial charge in [0, 0.05) is 24.9 Å². The first-order chi connectivity index (χ1) is 16.0. The van der Waals surface area contributed by atoms with Crippen LogP contribution in [0.5, 0.6) is 5.75 Å². The van der Waals surface area contributed by atoms with E-state index < -0.39 is 0 Å². The number of amides is 1. The lowest BCUT2D eigenvalue weighted by molar-refractivity contribution is -0.123. The van der Waals surface area contributed by atoms with Crippen LogP contribution in [-0.2, 0) is 16.1 Å². The Balaban J connectivity index is 1.41. The van der Waals surface area contributed by atoms with E-state index in [1.54, 1.807) is 11.8 Å². The van der Waals surface area contributed by atoms with E-state index in [4.69, 9.17) is 19.4 Å². The first-order valence-corrected chi connectivity index (χ1v) is 12.1. The molecular formula is C23H30N6O3S. The van der Waals surface area contributed by atoms with Crippen molar-refractivity contribution in [3.05, 3.63) is 36.0 Å². The topological polar surface area (TPSA) is 94.4 Å². The molecule has 1 aromatic carbocycles. The maximum absolute atomic E-state index is 12.2. The zero-order valence-corrected chi connectivity index (χ0v) is 20.1. The van der Waals surface area contributed by atoms with Crippen molar-refractivity contribution in [1.29, 1.82) is 0 Å². The number of carbonyl (C=O) groups is 1. The van der Waals surface area contributed by atoms with Crippen LogP contribution < -0.4 is 15.0 Å². The van der Waals surface area contributed by atoms with Gasteiger partial charge in [-0.15, -0.1) is 0 Å². The molecule has 0 unspecified atom stereocenters. The molecule has 1 aliphatic heterocycles. The van der Waals surface area contributed by atoms with Gasteiger partial charge < -0.3 is 19.7 Å². The first kappa shape index (κ1) is 23.3. The molecule has 0 radical (unpaired) electrons. The van der Waals surface area contributed by atoms with E-state index in [0.717, 1.165) is 40.7 Å². The van der Waals surface area contributed by atoms with Crippen molar-refractivity contribution in [2.45, 2.75) is 37.7 Å². The molecule has 3 heterocycles. The molecule has 33 heavy (non-hydrogen) atoms. The second-order valence-corrected chi connectivity index (χ2v) is 9.70. The van der Waals surface area contributed by atoms with Gasteiger partial charge in [0.2, 0.25) is 0 Å². The summed E-state index contributed by atoms with van der Waals surface area (Å²) in [7, 11) is 0. The molecule has 1 fully saturated rings. The number of nitrogens with zero attached hydrogens (tertiary/aromatic N) is 5. The summed E-state index contributed by atoms with van der Waals surface area (Å²) in [6.07, 6.45) is 1.81. The van der Waals surface area contributed by atoms with Crippen LogP contribution in [0.2, 0.25) is 0 Å². The minimum absolute atomic E-state index is 0.0263. The molecule has 9 nitrogen and oxygen atoms in total. The normalized spacial score (nSPS) is 14.1. The predicted octanol–water partition coefficient (Wildman–Crippen LogP) is 2.67. The fourth-order valence-corrected chi connectivity index (χ4v) is 4.20. The number of hydrogen-bond donors (Lipinski definition) is 1. The average molecular weight is 471 g/mol. The Labute approximate surface area is 197 Å². The van der Waals surface area contributed by atoms with Gasteiger partial charge in [-0.05, 0) is 19.1 Å². The smallest absolute Gasteiger partial charge is 0.258 e. The highest BCUT2D eigenvalue weighted by Gasteiger charge is 2.20. The molecule has 1 N–H and O–H groups in total. The van der Waals surface area contributed by atoms with E-state index in [9.17, 15) is 4.79 Å². The van der Waals surface area contributed by atoms with Crippen LogP contribution in [0, 0.1) is 6.92 Å². The monoisotopic (exact) mass is 470 g/mol. The van der Waals surface area contributed by atoms with Gasteiger partial charge >= 0.3 is 0 Å². The molecule has 1 saturated heterocycles. The summed E-state index contributed by atoms with van der Waals surface area (Å²) in [5.41, 5.74) is 1.92. The molecule has 10 heteroatoms. The number of aryl methyl sites for hydroxylation is 1. The summed E-state index contributed by atoms with van der Waals surface area (Å²) in [6, 6.07) is 7.62. The van der Waals surface area contributed by atoms with Crippen LogP contribution in [0.1, 0.15) is 19.4 Å². The Morgan fingerprint density at radius 1 is 1.21 bits per heavy atom. The van der Waals surface area contributed by atoms with Gasteiger partial charge in [-0.2, -0.15) is 5.10 Å². The number of thioether (sulfide) groups is 1. The Kier molecular flexibility index (Phi) is 7.66. The largest absolute Gasteiger partial charge is 0.484 e. The van der Waals surface area contributed by atoms with E-state index in [1.807, 2.05) is 42.1 Å². The van der Waals surface area contributed by atoms with Gasteiger partial charge in [0.25, 0.3) is 5.91 Å². The van der Waals surface area contributed by atoms with Crippen molar-refractivity contribution in [3.63, 3.8) is 0 Å². The number of fused-ring (bicyclic) bond motifs is 1. The van der Waals surface area contributed by atoms with Crippen molar-refractivity contribution in [3.8, 4) is 5.75 Å². The molecule has 0 bridgehead atoms. The third-order valence-electron chi connectivity index (χ3n) is 5.14. The fourth-order valence-electron chi connectivity index (χ4n) is 3.50. The Morgan fingerprint density at radius 3 is 2.70 bits per heavy atom. The zero-order chi connectivity index (χ0) is 23.2. The molecule has 1 amide bonds. The van der Waals surface area contributed by atoms with Gasteiger partial charge in [-0.1, -0.05) is 43.3 Å². The summed E-state index contributed by atoms with van der Waals surface area (Å²) < 4.78 is 12.9. The van der Waals surface area contributed by atoms with E-state index in [-0.39, 0.29) is 12.5 Å². The molecule has 1 aliphatic rings. The molecular weight excluding hydrogens is 440 g/mol. The van der Waals surface area contributed by atoms with Gasteiger partial charge in [-0.3, -0.25) is 4.79 Å². The average Bonchev–Trinajstić information content (AvgIpc) is 3.21. The summed E-state index contributed by atoms with van der Waals surface area (Å²) in [5, 5.41) is 9.44. The van der Waals surface area contributed by atoms with Crippen LogP contribution in [0.15, 0.2) is 35.6 Å². The Bertz CT molecular complexity index is 1080. The molecule has 0 saturated carbocycles. The highest BCUT2D eigenvalue weighted by atomic mass is 32.2. The number of carbonyl (C=O) groups excluding carboxylic acids is 1. The van der Waals surface area contributed by atoms with Gasteiger partial charge in [0.15, 0.2) is 17.4 Å². The number of ether oxygens (including phenoxy) is 2. The standard InChI is InChI=1S/C23H30N6O3S/c1-16(2)33-23-26-21(28-10-12-31-13-11-28)19-14-25-29(22(19)27-23)9-8-24-20(30)15-32-18-6-4-17(3)5-7-18/h4-7,14,16H,8-13,15H2,1-3H3,(H,24,30). The SMILES string of the molecule is Cc1ccc(OCC(=O)NCCn2ncc3c(N4CCOCC4)nc(SC(C)C)nc32)cc1. The summed E-state index contributed by atoms with van der Waals surface area (Å²) in [5.74, 6) is 1.40. The Morgan fingerprint density at radius 2 is 1.97 bits per heavy atom. The highest BCUT2D eigenvalue weighted by molar-refractivity contribution is 7.99. The molecule has 4 rings (SSSR count). The predicted molar refractivity (Wildman–Crippen MR) is 129 cm³/mol. The molecule has 0 aliphatic carbocycles.